The maximum atomic E-state index is 12.5. The minimum Gasteiger partial charge on any atom is -0.460 e. The lowest BCUT2D eigenvalue weighted by atomic mass is 9.68. The van der Waals surface area contributed by atoms with Crippen LogP contribution >= 0.6 is 0 Å². The summed E-state index contributed by atoms with van der Waals surface area (Å²) >= 11 is 0. The number of imidazole rings is 1. The van der Waals surface area contributed by atoms with Crippen molar-refractivity contribution >= 4 is 5.97 Å². The molecule has 0 radical (unpaired) electrons. The lowest BCUT2D eigenvalue weighted by molar-refractivity contribution is -0.000820. The third kappa shape index (κ3) is 3.16. The zero-order valence-corrected chi connectivity index (χ0v) is 13.9. The van der Waals surface area contributed by atoms with Crippen LogP contribution in [0.25, 0.3) is 0 Å². The second-order valence-corrected chi connectivity index (χ2v) is 6.56. The highest BCUT2D eigenvalue weighted by atomic mass is 16.5. The Labute approximate surface area is 137 Å². The highest BCUT2D eigenvalue weighted by Gasteiger charge is 2.36. The van der Waals surface area contributed by atoms with Gasteiger partial charge in [0.15, 0.2) is 0 Å². The number of benzene rings is 1. The molecule has 0 saturated heterocycles. The minimum atomic E-state index is -0.273. The van der Waals surface area contributed by atoms with Gasteiger partial charge in [0.05, 0.1) is 25.2 Å². The van der Waals surface area contributed by atoms with Gasteiger partial charge in [-0.25, -0.2) is 9.78 Å². The van der Waals surface area contributed by atoms with E-state index < -0.39 is 0 Å². The number of hydrogen-bond acceptors (Lipinski definition) is 3. The van der Waals surface area contributed by atoms with Crippen molar-refractivity contribution in [2.75, 3.05) is 6.61 Å². The molecule has 122 valence electrons. The van der Waals surface area contributed by atoms with E-state index in [0.717, 1.165) is 24.8 Å². The molecule has 1 atom stereocenters. The molecule has 4 nitrogen and oxygen atoms in total. The van der Waals surface area contributed by atoms with Crippen molar-refractivity contribution in [3.8, 4) is 0 Å². The lowest BCUT2D eigenvalue weighted by Crippen LogP contribution is -2.35. The van der Waals surface area contributed by atoms with Crippen LogP contribution in [0.4, 0.5) is 0 Å². The van der Waals surface area contributed by atoms with Gasteiger partial charge in [-0.15, -0.1) is 0 Å². The smallest absolute Gasteiger partial charge is 0.356 e. The van der Waals surface area contributed by atoms with Crippen LogP contribution in [0, 0.1) is 5.41 Å². The normalized spacial score (nSPS) is 17.3. The fourth-order valence-electron chi connectivity index (χ4n) is 3.23. The van der Waals surface area contributed by atoms with Crippen molar-refractivity contribution in [1.82, 2.24) is 9.55 Å². The van der Waals surface area contributed by atoms with Crippen LogP contribution in [0.3, 0.4) is 0 Å². The summed E-state index contributed by atoms with van der Waals surface area (Å²) < 4.78 is 7.50. The van der Waals surface area contributed by atoms with Gasteiger partial charge < -0.3 is 9.30 Å². The number of carbonyl (C=O) groups is 1. The number of rotatable bonds is 6. The maximum Gasteiger partial charge on any atom is 0.356 e. The quantitative estimate of drug-likeness (QED) is 0.750. The van der Waals surface area contributed by atoms with Gasteiger partial charge in [0, 0.05) is 5.41 Å². The van der Waals surface area contributed by atoms with Crippen LogP contribution in [0.15, 0.2) is 42.9 Å². The molecule has 1 aliphatic carbocycles. The summed E-state index contributed by atoms with van der Waals surface area (Å²) in [5, 5.41) is 0. The van der Waals surface area contributed by atoms with Gasteiger partial charge in [-0.1, -0.05) is 43.7 Å². The van der Waals surface area contributed by atoms with E-state index in [4.69, 9.17) is 4.74 Å². The molecule has 1 unspecified atom stereocenters. The molecule has 3 rings (SSSR count). The third-order valence-electron chi connectivity index (χ3n) is 5.25. The first-order valence-corrected chi connectivity index (χ1v) is 8.39. The molecule has 0 amide bonds. The Morgan fingerprint density at radius 1 is 1.35 bits per heavy atom. The van der Waals surface area contributed by atoms with Crippen molar-refractivity contribution < 1.29 is 9.53 Å². The third-order valence-corrected chi connectivity index (χ3v) is 5.25. The molecular weight excluding hydrogens is 288 g/mol. The van der Waals surface area contributed by atoms with E-state index in [2.05, 4.69) is 31.0 Å². The Balaban J connectivity index is 1.71. The predicted octanol–water partition coefficient (Wildman–Crippen LogP) is 4.23. The van der Waals surface area contributed by atoms with E-state index in [1.807, 2.05) is 22.8 Å². The Morgan fingerprint density at radius 2 is 2.09 bits per heavy atom. The Kier molecular flexibility index (Phi) is 4.51. The van der Waals surface area contributed by atoms with Crippen LogP contribution in [0.2, 0.25) is 0 Å². The second kappa shape index (κ2) is 6.57. The molecule has 0 N–H and O–H groups in total. The van der Waals surface area contributed by atoms with Crippen molar-refractivity contribution in [2.45, 2.75) is 45.6 Å². The van der Waals surface area contributed by atoms with Gasteiger partial charge >= 0.3 is 5.97 Å². The van der Waals surface area contributed by atoms with Crippen molar-refractivity contribution in [3.05, 3.63) is 54.1 Å². The monoisotopic (exact) mass is 312 g/mol. The van der Waals surface area contributed by atoms with Gasteiger partial charge in [-0.2, -0.15) is 0 Å². The van der Waals surface area contributed by atoms with Crippen LogP contribution in [-0.4, -0.2) is 22.1 Å². The Bertz CT molecular complexity index is 654. The minimum absolute atomic E-state index is 0.0464. The van der Waals surface area contributed by atoms with E-state index in [0.29, 0.717) is 12.3 Å². The SMILES string of the molecule is CCC1(COC(=O)c2cncn2C(C)c2ccccc2)CCC1. The Morgan fingerprint density at radius 3 is 2.70 bits per heavy atom. The molecule has 1 fully saturated rings. The second-order valence-electron chi connectivity index (χ2n) is 6.56. The zero-order valence-electron chi connectivity index (χ0n) is 13.9. The number of esters is 1. The van der Waals surface area contributed by atoms with E-state index in [9.17, 15) is 4.79 Å². The van der Waals surface area contributed by atoms with Crippen LogP contribution in [0.1, 0.15) is 61.6 Å². The number of hydrogen-bond donors (Lipinski definition) is 0. The van der Waals surface area contributed by atoms with E-state index in [-0.39, 0.29) is 17.4 Å². The highest BCUT2D eigenvalue weighted by molar-refractivity contribution is 5.87. The van der Waals surface area contributed by atoms with Gasteiger partial charge in [0.25, 0.3) is 0 Å². The summed E-state index contributed by atoms with van der Waals surface area (Å²) in [6, 6.07) is 10.2. The summed E-state index contributed by atoms with van der Waals surface area (Å²) in [5.74, 6) is -0.273. The zero-order chi connectivity index (χ0) is 16.3. The summed E-state index contributed by atoms with van der Waals surface area (Å²) in [4.78, 5) is 16.6. The molecule has 0 spiro atoms. The number of aromatic nitrogens is 2. The summed E-state index contributed by atoms with van der Waals surface area (Å²) in [7, 11) is 0. The van der Waals surface area contributed by atoms with Crippen LogP contribution < -0.4 is 0 Å². The average molecular weight is 312 g/mol. The number of ether oxygens (including phenoxy) is 1. The molecule has 23 heavy (non-hydrogen) atoms. The van der Waals surface area contributed by atoms with Crippen LogP contribution in [-0.2, 0) is 4.74 Å². The molecule has 1 aromatic heterocycles. The first kappa shape index (κ1) is 15.8. The molecule has 4 heteroatoms. The largest absolute Gasteiger partial charge is 0.460 e. The fraction of sp³-hybridized carbons (Fsp3) is 0.474. The maximum absolute atomic E-state index is 12.5. The highest BCUT2D eigenvalue weighted by Crippen LogP contribution is 2.44. The first-order valence-electron chi connectivity index (χ1n) is 8.39. The average Bonchev–Trinajstić information content (AvgIpc) is 3.04. The first-order chi connectivity index (χ1) is 11.2. The van der Waals surface area contributed by atoms with Gasteiger partial charge in [0.1, 0.15) is 5.69 Å². The topological polar surface area (TPSA) is 44.1 Å². The van der Waals surface area contributed by atoms with E-state index >= 15 is 0 Å². The van der Waals surface area contributed by atoms with E-state index in [1.165, 1.54) is 6.42 Å². The molecule has 0 aliphatic heterocycles. The summed E-state index contributed by atoms with van der Waals surface area (Å²) in [5.41, 5.74) is 1.88. The molecular formula is C19H24N2O2. The lowest BCUT2D eigenvalue weighted by Gasteiger charge is -2.40. The molecule has 1 aliphatic rings. The molecule has 1 aromatic carbocycles. The van der Waals surface area contributed by atoms with Gasteiger partial charge in [-0.05, 0) is 31.7 Å². The van der Waals surface area contributed by atoms with Crippen molar-refractivity contribution in [2.24, 2.45) is 5.41 Å². The number of carbonyl (C=O) groups excluding carboxylic acids is 1. The summed E-state index contributed by atoms with van der Waals surface area (Å²) in [6.45, 7) is 4.76. The Hall–Kier alpha value is -2.10. The van der Waals surface area contributed by atoms with Crippen LogP contribution in [0.5, 0.6) is 0 Å². The molecule has 1 heterocycles. The predicted molar refractivity (Wildman–Crippen MR) is 89.3 cm³/mol. The fourth-order valence-corrected chi connectivity index (χ4v) is 3.23. The van der Waals surface area contributed by atoms with Gasteiger partial charge in [-0.3, -0.25) is 0 Å². The van der Waals surface area contributed by atoms with Crippen molar-refractivity contribution in [3.63, 3.8) is 0 Å². The molecule has 2 aromatic rings. The standard InChI is InChI=1S/C19H24N2O2/c1-3-19(10-7-11-19)13-23-18(22)17-12-20-14-21(17)15(2)16-8-5-4-6-9-16/h4-6,8-9,12,14-15H,3,7,10-11,13H2,1-2H3. The van der Waals surface area contributed by atoms with Crippen molar-refractivity contribution in [1.29, 1.82) is 0 Å². The summed E-state index contributed by atoms with van der Waals surface area (Å²) in [6.07, 6.45) is 7.94. The van der Waals surface area contributed by atoms with E-state index in [1.54, 1.807) is 12.5 Å². The molecule has 0 bridgehead atoms. The van der Waals surface area contributed by atoms with Gasteiger partial charge in [0.2, 0.25) is 0 Å². The molecule has 1 saturated carbocycles. The number of nitrogens with zero attached hydrogens (tertiary/aromatic N) is 2.